The summed E-state index contributed by atoms with van der Waals surface area (Å²) >= 11 is 0. The van der Waals surface area contributed by atoms with Gasteiger partial charge < -0.3 is 0 Å². The fourth-order valence-corrected chi connectivity index (χ4v) is 7.17. The summed E-state index contributed by atoms with van der Waals surface area (Å²) in [5.74, 6) is 3.28. The van der Waals surface area contributed by atoms with Gasteiger partial charge in [0.15, 0.2) is 0 Å². The molecular formula is C21H36F3OSi+. The molecule has 0 saturated heterocycles. The number of halogens is 3. The summed E-state index contributed by atoms with van der Waals surface area (Å²) in [4.78, 5) is 0. The third-order valence-corrected chi connectivity index (χ3v) is 8.49. The van der Waals surface area contributed by atoms with E-state index in [0.29, 0.717) is 12.3 Å². The van der Waals surface area contributed by atoms with E-state index in [0.717, 1.165) is 30.6 Å². The zero-order valence-electron chi connectivity index (χ0n) is 16.5. The Morgan fingerprint density at radius 3 is 2.15 bits per heavy atom. The normalized spacial score (nSPS) is 41.5. The maximum absolute atomic E-state index is 13.7. The highest BCUT2D eigenvalue weighted by atomic mass is 28.2. The third kappa shape index (κ3) is 4.34. The first-order valence-electron chi connectivity index (χ1n) is 10.9. The molecule has 150 valence electrons. The molecule has 26 heavy (non-hydrogen) atoms. The Morgan fingerprint density at radius 1 is 0.923 bits per heavy atom. The molecule has 0 aromatic heterocycles. The Kier molecular flexibility index (Phi) is 6.80. The average molecular weight is 390 g/mol. The van der Waals surface area contributed by atoms with Gasteiger partial charge in [-0.3, -0.25) is 0 Å². The molecule has 0 spiro atoms. The molecule has 3 aliphatic carbocycles. The Hall–Kier alpha value is -0.0331. The SMILES string of the molecule is CCCC1CCC(C2CCC3CC(O[SiH+]C)(C(F)(F)F)CCC3C2)CC1. The van der Waals surface area contributed by atoms with Gasteiger partial charge >= 0.3 is 15.9 Å². The standard InChI is InChI=1S/C21H36F3OSi/c1-3-4-15-5-7-16(8-6-15)17-9-10-19-14-20(25-26-2,21(22,23)24)12-11-18(19)13-17/h15-19,26H,3-14H2,1-2H3/q+1. The van der Waals surface area contributed by atoms with Gasteiger partial charge in [-0.25, -0.2) is 4.43 Å². The molecule has 0 aromatic rings. The van der Waals surface area contributed by atoms with Crippen molar-refractivity contribution in [3.8, 4) is 0 Å². The van der Waals surface area contributed by atoms with Gasteiger partial charge in [0.2, 0.25) is 5.60 Å². The minimum atomic E-state index is -4.21. The molecule has 4 unspecified atom stereocenters. The fourth-order valence-electron chi connectivity index (χ4n) is 6.37. The molecule has 1 nitrogen and oxygen atoms in total. The summed E-state index contributed by atoms with van der Waals surface area (Å²) < 4.78 is 46.5. The van der Waals surface area contributed by atoms with E-state index in [9.17, 15) is 13.2 Å². The zero-order chi connectivity index (χ0) is 18.8. The molecule has 0 bridgehead atoms. The van der Waals surface area contributed by atoms with Crippen LogP contribution in [0.25, 0.3) is 0 Å². The van der Waals surface area contributed by atoms with Crippen molar-refractivity contribution < 1.29 is 17.6 Å². The highest BCUT2D eigenvalue weighted by Crippen LogP contribution is 2.54. The molecule has 3 aliphatic rings. The van der Waals surface area contributed by atoms with Crippen LogP contribution in [0.5, 0.6) is 0 Å². The molecule has 3 saturated carbocycles. The van der Waals surface area contributed by atoms with Crippen LogP contribution in [0.2, 0.25) is 6.55 Å². The summed E-state index contributed by atoms with van der Waals surface area (Å²) in [6.45, 7) is 4.05. The lowest BCUT2D eigenvalue weighted by Gasteiger charge is -2.48. The van der Waals surface area contributed by atoms with E-state index in [2.05, 4.69) is 6.92 Å². The van der Waals surface area contributed by atoms with Gasteiger partial charge in [-0.2, -0.15) is 13.2 Å². The fraction of sp³-hybridized carbons (Fsp3) is 1.00. The van der Waals surface area contributed by atoms with Gasteiger partial charge in [-0.1, -0.05) is 32.6 Å². The Labute approximate surface area is 159 Å². The second-order valence-corrected chi connectivity index (χ2v) is 9.96. The van der Waals surface area contributed by atoms with E-state index in [4.69, 9.17) is 4.43 Å². The van der Waals surface area contributed by atoms with Gasteiger partial charge in [-0.05, 0) is 81.0 Å². The monoisotopic (exact) mass is 389 g/mol. The second kappa shape index (κ2) is 8.55. The number of alkyl halides is 3. The lowest BCUT2D eigenvalue weighted by atomic mass is 9.60. The first-order chi connectivity index (χ1) is 12.4. The number of hydrogen-bond donors (Lipinski definition) is 0. The molecule has 4 atom stereocenters. The summed E-state index contributed by atoms with van der Waals surface area (Å²) in [6, 6.07) is 0. The minimum absolute atomic E-state index is 0.189. The highest BCUT2D eigenvalue weighted by Gasteiger charge is 2.61. The third-order valence-electron chi connectivity index (χ3n) is 7.81. The van der Waals surface area contributed by atoms with Crippen molar-refractivity contribution >= 4 is 9.76 Å². The van der Waals surface area contributed by atoms with Gasteiger partial charge in [0.1, 0.15) is 0 Å². The van der Waals surface area contributed by atoms with Crippen molar-refractivity contribution in [3.05, 3.63) is 0 Å². The van der Waals surface area contributed by atoms with Crippen LogP contribution in [-0.4, -0.2) is 21.5 Å². The molecule has 3 rings (SSSR count). The van der Waals surface area contributed by atoms with Crippen LogP contribution in [0, 0.1) is 29.6 Å². The highest BCUT2D eigenvalue weighted by molar-refractivity contribution is 6.25. The van der Waals surface area contributed by atoms with Gasteiger partial charge in [0.25, 0.3) is 0 Å². The first-order valence-corrected chi connectivity index (χ1v) is 12.5. The van der Waals surface area contributed by atoms with Gasteiger partial charge in [-0.15, -0.1) is 0 Å². The quantitative estimate of drug-likeness (QED) is 0.486. The molecule has 3 fully saturated rings. The molecule has 0 amide bonds. The summed E-state index contributed by atoms with van der Waals surface area (Å²) in [5, 5.41) is 0. The molecule has 0 aromatic carbocycles. The lowest BCUT2D eigenvalue weighted by Crippen LogP contribution is -2.54. The maximum atomic E-state index is 13.7. The summed E-state index contributed by atoms with van der Waals surface area (Å²) in [5.41, 5.74) is -1.83. The average Bonchev–Trinajstić information content (AvgIpc) is 2.61. The summed E-state index contributed by atoms with van der Waals surface area (Å²) in [6.07, 6.45) is 8.39. The van der Waals surface area contributed by atoms with Crippen molar-refractivity contribution in [2.45, 2.75) is 102 Å². The lowest BCUT2D eigenvalue weighted by molar-refractivity contribution is -0.268. The van der Waals surface area contributed by atoms with Crippen LogP contribution in [0.15, 0.2) is 0 Å². The molecule has 0 N–H and O–H groups in total. The van der Waals surface area contributed by atoms with Crippen LogP contribution in [0.1, 0.15) is 84.0 Å². The van der Waals surface area contributed by atoms with E-state index < -0.39 is 21.5 Å². The van der Waals surface area contributed by atoms with Crippen LogP contribution in [-0.2, 0) is 4.43 Å². The van der Waals surface area contributed by atoms with Crippen LogP contribution < -0.4 is 0 Å². The number of hydrogen-bond acceptors (Lipinski definition) is 1. The number of fused-ring (bicyclic) bond motifs is 1. The molecule has 0 aliphatic heterocycles. The van der Waals surface area contributed by atoms with E-state index in [1.54, 1.807) is 6.55 Å². The predicted molar refractivity (Wildman–Crippen MR) is 101 cm³/mol. The predicted octanol–water partition coefficient (Wildman–Crippen LogP) is 6.53. The maximum Gasteiger partial charge on any atom is 0.457 e. The molecule has 0 heterocycles. The first kappa shape index (κ1) is 20.7. The zero-order valence-corrected chi connectivity index (χ0v) is 17.6. The number of rotatable bonds is 5. The van der Waals surface area contributed by atoms with Crippen LogP contribution in [0.3, 0.4) is 0 Å². The van der Waals surface area contributed by atoms with Crippen molar-refractivity contribution in [1.82, 2.24) is 0 Å². The van der Waals surface area contributed by atoms with Crippen molar-refractivity contribution in [1.29, 1.82) is 0 Å². The van der Waals surface area contributed by atoms with Crippen molar-refractivity contribution in [2.24, 2.45) is 29.6 Å². The molecule has 0 radical (unpaired) electrons. The Bertz CT molecular complexity index is 447. The van der Waals surface area contributed by atoms with E-state index >= 15 is 0 Å². The van der Waals surface area contributed by atoms with Crippen molar-refractivity contribution in [2.75, 3.05) is 0 Å². The van der Waals surface area contributed by atoms with Crippen LogP contribution in [0.4, 0.5) is 13.2 Å². The minimum Gasteiger partial charge on any atom is -0.216 e. The molecule has 5 heteroatoms. The Morgan fingerprint density at radius 2 is 1.54 bits per heavy atom. The second-order valence-electron chi connectivity index (χ2n) is 9.25. The Balaban J connectivity index is 1.55. The smallest absolute Gasteiger partial charge is 0.216 e. The van der Waals surface area contributed by atoms with E-state index in [-0.39, 0.29) is 18.8 Å². The van der Waals surface area contributed by atoms with E-state index in [1.807, 2.05) is 0 Å². The topological polar surface area (TPSA) is 9.23 Å². The largest absolute Gasteiger partial charge is 0.457 e. The van der Waals surface area contributed by atoms with Gasteiger partial charge in [0.05, 0.1) is 6.55 Å². The van der Waals surface area contributed by atoms with Crippen LogP contribution >= 0.6 is 0 Å². The van der Waals surface area contributed by atoms with Gasteiger partial charge in [0, 0.05) is 0 Å². The van der Waals surface area contributed by atoms with E-state index in [1.165, 1.54) is 44.9 Å². The molecular weight excluding hydrogens is 353 g/mol. The summed E-state index contributed by atoms with van der Waals surface area (Å²) in [7, 11) is -0.574. The van der Waals surface area contributed by atoms with Crippen molar-refractivity contribution in [3.63, 3.8) is 0 Å².